The number of carbonyl (C=O) groups is 1. The Morgan fingerprint density at radius 1 is 1.56 bits per heavy atom. The standard InChI is InChI=1S/C9H9ClF2N2O2/c10-8-5(3-13)1-4(2-6(15)16)7(14-8)9(11)12/h1,9H,2-3,13H2,(H,15,16). The van der Waals surface area contributed by atoms with E-state index in [2.05, 4.69) is 4.98 Å². The number of hydrogen-bond acceptors (Lipinski definition) is 3. The molecule has 0 aromatic carbocycles. The molecular formula is C9H9ClF2N2O2. The molecule has 0 bridgehead atoms. The van der Waals surface area contributed by atoms with E-state index in [0.717, 1.165) is 0 Å². The number of pyridine rings is 1. The first-order valence-electron chi connectivity index (χ1n) is 4.34. The number of aromatic nitrogens is 1. The number of halogens is 3. The van der Waals surface area contributed by atoms with Crippen molar-refractivity contribution < 1.29 is 18.7 Å². The van der Waals surface area contributed by atoms with Crippen molar-refractivity contribution in [1.82, 2.24) is 4.98 Å². The van der Waals surface area contributed by atoms with Crippen molar-refractivity contribution in [2.24, 2.45) is 5.73 Å². The predicted molar refractivity (Wildman–Crippen MR) is 53.4 cm³/mol. The Hall–Kier alpha value is -1.27. The molecule has 1 aromatic rings. The molecule has 0 aliphatic rings. The summed E-state index contributed by atoms with van der Waals surface area (Å²) in [7, 11) is 0. The van der Waals surface area contributed by atoms with Crippen molar-refractivity contribution >= 4 is 17.6 Å². The smallest absolute Gasteiger partial charge is 0.307 e. The van der Waals surface area contributed by atoms with Crippen LogP contribution in [-0.4, -0.2) is 16.1 Å². The van der Waals surface area contributed by atoms with Crippen LogP contribution < -0.4 is 5.73 Å². The molecular weight excluding hydrogens is 242 g/mol. The molecule has 0 aliphatic carbocycles. The SMILES string of the molecule is NCc1cc(CC(=O)O)c(C(F)F)nc1Cl. The topological polar surface area (TPSA) is 76.2 Å². The molecule has 0 saturated carbocycles. The summed E-state index contributed by atoms with van der Waals surface area (Å²) < 4.78 is 25.1. The zero-order valence-electron chi connectivity index (χ0n) is 8.08. The van der Waals surface area contributed by atoms with Gasteiger partial charge in [0, 0.05) is 12.1 Å². The second kappa shape index (κ2) is 5.18. The quantitative estimate of drug-likeness (QED) is 0.799. The molecule has 88 valence electrons. The molecule has 0 spiro atoms. The fourth-order valence-electron chi connectivity index (χ4n) is 1.23. The highest BCUT2D eigenvalue weighted by molar-refractivity contribution is 6.30. The van der Waals surface area contributed by atoms with E-state index < -0.39 is 24.5 Å². The minimum atomic E-state index is -2.86. The predicted octanol–water partition coefficient (Wildman–Crippen LogP) is 1.76. The lowest BCUT2D eigenvalue weighted by atomic mass is 10.1. The summed E-state index contributed by atoms with van der Waals surface area (Å²) in [6.45, 7) is 0.0158. The maximum atomic E-state index is 12.5. The molecule has 0 fully saturated rings. The normalized spacial score (nSPS) is 10.8. The van der Waals surface area contributed by atoms with Crippen LogP contribution in [0.5, 0.6) is 0 Å². The summed E-state index contributed by atoms with van der Waals surface area (Å²) in [5.74, 6) is -1.21. The van der Waals surface area contributed by atoms with Crippen LogP contribution in [0.25, 0.3) is 0 Å². The van der Waals surface area contributed by atoms with Crippen molar-refractivity contribution in [2.75, 3.05) is 0 Å². The Labute approximate surface area is 95.0 Å². The van der Waals surface area contributed by atoms with Crippen molar-refractivity contribution in [2.45, 2.75) is 19.4 Å². The maximum Gasteiger partial charge on any atom is 0.307 e. The van der Waals surface area contributed by atoms with Gasteiger partial charge in [0.15, 0.2) is 0 Å². The highest BCUT2D eigenvalue weighted by Crippen LogP contribution is 2.25. The Kier molecular flexibility index (Phi) is 4.14. The molecule has 0 saturated heterocycles. The average molecular weight is 251 g/mol. The van der Waals surface area contributed by atoms with E-state index in [1.165, 1.54) is 6.07 Å². The number of nitrogens with two attached hydrogens (primary N) is 1. The zero-order valence-corrected chi connectivity index (χ0v) is 8.84. The van der Waals surface area contributed by atoms with E-state index in [0.29, 0.717) is 5.56 Å². The van der Waals surface area contributed by atoms with Crippen LogP contribution in [0, 0.1) is 0 Å². The number of alkyl halides is 2. The largest absolute Gasteiger partial charge is 0.481 e. The lowest BCUT2D eigenvalue weighted by molar-refractivity contribution is -0.136. The fraction of sp³-hybridized carbons (Fsp3) is 0.333. The number of rotatable bonds is 4. The first-order valence-corrected chi connectivity index (χ1v) is 4.71. The molecule has 0 radical (unpaired) electrons. The van der Waals surface area contributed by atoms with E-state index in [-0.39, 0.29) is 17.3 Å². The third-order valence-electron chi connectivity index (χ3n) is 1.93. The summed E-state index contributed by atoms with van der Waals surface area (Å²) >= 11 is 5.61. The van der Waals surface area contributed by atoms with Gasteiger partial charge in [-0.15, -0.1) is 0 Å². The van der Waals surface area contributed by atoms with Crippen LogP contribution in [0.1, 0.15) is 23.2 Å². The lowest BCUT2D eigenvalue weighted by Crippen LogP contribution is -2.09. The minimum absolute atomic E-state index is 0.0158. The van der Waals surface area contributed by atoms with E-state index in [1.54, 1.807) is 0 Å². The lowest BCUT2D eigenvalue weighted by Gasteiger charge is -2.09. The van der Waals surface area contributed by atoms with E-state index in [9.17, 15) is 13.6 Å². The Balaban J connectivity index is 3.24. The van der Waals surface area contributed by atoms with Crippen LogP contribution in [-0.2, 0) is 17.8 Å². The minimum Gasteiger partial charge on any atom is -0.481 e. The summed E-state index contributed by atoms with van der Waals surface area (Å²) in [5.41, 5.74) is 5.00. The third-order valence-corrected chi connectivity index (χ3v) is 2.26. The van der Waals surface area contributed by atoms with Gasteiger partial charge in [-0.3, -0.25) is 4.79 Å². The zero-order chi connectivity index (χ0) is 12.3. The Morgan fingerprint density at radius 2 is 2.19 bits per heavy atom. The van der Waals surface area contributed by atoms with Crippen LogP contribution in [0.3, 0.4) is 0 Å². The summed E-state index contributed by atoms with van der Waals surface area (Å²) in [5, 5.41) is 8.45. The van der Waals surface area contributed by atoms with E-state index in [1.807, 2.05) is 0 Å². The van der Waals surface area contributed by atoms with Gasteiger partial charge >= 0.3 is 5.97 Å². The number of hydrogen-bond donors (Lipinski definition) is 2. The molecule has 0 amide bonds. The van der Waals surface area contributed by atoms with Gasteiger partial charge in [-0.2, -0.15) is 0 Å². The van der Waals surface area contributed by atoms with E-state index in [4.69, 9.17) is 22.4 Å². The first kappa shape index (κ1) is 12.8. The summed E-state index contributed by atoms with van der Waals surface area (Å²) in [6, 6.07) is 1.25. The second-order valence-electron chi connectivity index (χ2n) is 3.06. The third kappa shape index (κ3) is 2.86. The van der Waals surface area contributed by atoms with Crippen LogP contribution in [0.15, 0.2) is 6.07 Å². The van der Waals surface area contributed by atoms with Crippen LogP contribution in [0.4, 0.5) is 8.78 Å². The van der Waals surface area contributed by atoms with Crippen molar-refractivity contribution in [3.05, 3.63) is 28.0 Å². The van der Waals surface area contributed by atoms with Gasteiger partial charge in [-0.05, 0) is 11.6 Å². The maximum absolute atomic E-state index is 12.5. The molecule has 7 heteroatoms. The average Bonchev–Trinajstić information content (AvgIpc) is 2.19. The van der Waals surface area contributed by atoms with Gasteiger partial charge in [0.1, 0.15) is 10.8 Å². The molecule has 0 atom stereocenters. The second-order valence-corrected chi connectivity index (χ2v) is 3.42. The molecule has 1 heterocycles. The number of nitrogens with zero attached hydrogens (tertiary/aromatic N) is 1. The van der Waals surface area contributed by atoms with Gasteiger partial charge in [0.2, 0.25) is 0 Å². The number of carboxylic acid groups (broad SMARTS) is 1. The fourth-order valence-corrected chi connectivity index (χ4v) is 1.45. The van der Waals surface area contributed by atoms with Crippen LogP contribution >= 0.6 is 11.6 Å². The molecule has 0 unspecified atom stereocenters. The summed E-state index contributed by atoms with van der Waals surface area (Å²) in [6.07, 6.45) is -3.39. The Bertz CT molecular complexity index is 413. The highest BCUT2D eigenvalue weighted by atomic mass is 35.5. The monoisotopic (exact) mass is 250 g/mol. The number of carboxylic acids is 1. The highest BCUT2D eigenvalue weighted by Gasteiger charge is 2.19. The summed E-state index contributed by atoms with van der Waals surface area (Å²) in [4.78, 5) is 14.0. The molecule has 3 N–H and O–H groups in total. The van der Waals surface area contributed by atoms with Crippen molar-refractivity contribution in [3.8, 4) is 0 Å². The molecule has 0 aliphatic heterocycles. The molecule has 4 nitrogen and oxygen atoms in total. The Morgan fingerprint density at radius 3 is 2.62 bits per heavy atom. The number of aliphatic carboxylic acids is 1. The van der Waals surface area contributed by atoms with Gasteiger partial charge in [0.25, 0.3) is 6.43 Å². The van der Waals surface area contributed by atoms with Crippen molar-refractivity contribution in [1.29, 1.82) is 0 Å². The molecule has 1 aromatic heterocycles. The van der Waals surface area contributed by atoms with Gasteiger partial charge in [-0.25, -0.2) is 13.8 Å². The van der Waals surface area contributed by atoms with Gasteiger partial charge in [-0.1, -0.05) is 11.6 Å². The molecule has 1 rings (SSSR count). The van der Waals surface area contributed by atoms with Gasteiger partial charge in [0.05, 0.1) is 6.42 Å². The van der Waals surface area contributed by atoms with Crippen molar-refractivity contribution in [3.63, 3.8) is 0 Å². The first-order chi connectivity index (χ1) is 7.45. The van der Waals surface area contributed by atoms with Gasteiger partial charge < -0.3 is 10.8 Å². The van der Waals surface area contributed by atoms with E-state index >= 15 is 0 Å². The van der Waals surface area contributed by atoms with Crippen LogP contribution in [0.2, 0.25) is 5.15 Å². The molecule has 16 heavy (non-hydrogen) atoms.